The van der Waals surface area contributed by atoms with Crippen molar-refractivity contribution in [3.63, 3.8) is 0 Å². The van der Waals surface area contributed by atoms with Gasteiger partial charge in [0.15, 0.2) is 5.96 Å². The minimum atomic E-state index is 0. The van der Waals surface area contributed by atoms with Crippen LogP contribution >= 0.6 is 47.5 Å². The molecule has 0 heterocycles. The highest BCUT2D eigenvalue weighted by atomic mass is 127. The van der Waals surface area contributed by atoms with Gasteiger partial charge < -0.3 is 10.6 Å². The van der Waals surface area contributed by atoms with Crippen molar-refractivity contribution >= 4 is 53.5 Å². The second kappa shape index (κ2) is 13.4. The summed E-state index contributed by atoms with van der Waals surface area (Å²) in [6, 6.07) is 0. The number of rotatable bonds is 9. The zero-order valence-electron chi connectivity index (χ0n) is 12.5. The molecule has 0 saturated heterocycles. The number of hydrogen-bond acceptors (Lipinski definition) is 3. The summed E-state index contributed by atoms with van der Waals surface area (Å²) in [5.74, 6) is 3.00. The van der Waals surface area contributed by atoms with Crippen LogP contribution in [0, 0.1) is 0 Å². The Balaban J connectivity index is 0. The Morgan fingerprint density at radius 2 is 2.05 bits per heavy atom. The number of thioether (sulfide) groups is 2. The summed E-state index contributed by atoms with van der Waals surface area (Å²) >= 11 is 3.72. The molecule has 6 heteroatoms. The van der Waals surface area contributed by atoms with Crippen molar-refractivity contribution in [1.29, 1.82) is 0 Å². The fraction of sp³-hybridized carbons (Fsp3) is 0.769. The molecule has 0 saturated carbocycles. The molecule has 0 rings (SSSR count). The summed E-state index contributed by atoms with van der Waals surface area (Å²) in [6.07, 6.45) is 4.06. The molecule has 0 aliphatic carbocycles. The molecule has 0 amide bonds. The van der Waals surface area contributed by atoms with Gasteiger partial charge in [-0.3, -0.25) is 4.99 Å². The first-order valence-electron chi connectivity index (χ1n) is 6.31. The van der Waals surface area contributed by atoms with E-state index in [9.17, 15) is 0 Å². The van der Waals surface area contributed by atoms with E-state index >= 15 is 0 Å². The van der Waals surface area contributed by atoms with Crippen LogP contribution in [0.1, 0.15) is 20.8 Å². The standard InChI is InChI=1S/C13H27N3S2.HI/c1-6-9-18-10-8-15-12(14-7-2)16-11-13(3,4)17-5;/h6H,1,7-11H2,2-5H3,(H2,14,15,16);1H. The summed E-state index contributed by atoms with van der Waals surface area (Å²) < 4.78 is 0.194. The van der Waals surface area contributed by atoms with Crippen LogP contribution in [0.5, 0.6) is 0 Å². The third-order valence-electron chi connectivity index (χ3n) is 2.29. The van der Waals surface area contributed by atoms with Gasteiger partial charge in [0, 0.05) is 29.3 Å². The molecule has 0 unspecified atom stereocenters. The van der Waals surface area contributed by atoms with Gasteiger partial charge in [-0.15, -0.1) is 30.6 Å². The second-order valence-corrected chi connectivity index (χ2v) is 7.11. The zero-order valence-corrected chi connectivity index (χ0v) is 16.5. The van der Waals surface area contributed by atoms with Gasteiger partial charge in [-0.05, 0) is 27.0 Å². The Labute approximate surface area is 144 Å². The van der Waals surface area contributed by atoms with E-state index in [1.165, 1.54) is 0 Å². The molecular weight excluding hydrogens is 389 g/mol. The summed E-state index contributed by atoms with van der Waals surface area (Å²) in [5.41, 5.74) is 0. The first kappa shape index (κ1) is 21.7. The van der Waals surface area contributed by atoms with Crippen LogP contribution in [-0.4, -0.2) is 48.1 Å². The molecule has 0 fully saturated rings. The molecule has 0 spiro atoms. The lowest BCUT2D eigenvalue weighted by molar-refractivity contribution is 0.714. The Bertz CT molecular complexity index is 258. The van der Waals surface area contributed by atoms with E-state index in [2.05, 4.69) is 49.2 Å². The van der Waals surface area contributed by atoms with Crippen LogP contribution in [0.15, 0.2) is 17.6 Å². The van der Waals surface area contributed by atoms with Crippen LogP contribution in [-0.2, 0) is 0 Å². The zero-order chi connectivity index (χ0) is 13.9. The molecular formula is C13H28IN3S2. The molecule has 0 aliphatic rings. The third kappa shape index (κ3) is 13.2. The van der Waals surface area contributed by atoms with Crippen LogP contribution in [0.25, 0.3) is 0 Å². The lowest BCUT2D eigenvalue weighted by atomic mass is 10.2. The number of halogens is 1. The highest BCUT2D eigenvalue weighted by molar-refractivity contribution is 14.0. The largest absolute Gasteiger partial charge is 0.357 e. The number of nitrogens with zero attached hydrogens (tertiary/aromatic N) is 1. The minimum Gasteiger partial charge on any atom is -0.357 e. The predicted molar refractivity (Wildman–Crippen MR) is 105 cm³/mol. The maximum Gasteiger partial charge on any atom is 0.191 e. The van der Waals surface area contributed by atoms with Gasteiger partial charge in [-0.25, -0.2) is 0 Å². The molecule has 0 aliphatic heterocycles. The van der Waals surface area contributed by atoms with E-state index in [4.69, 9.17) is 0 Å². The van der Waals surface area contributed by atoms with Gasteiger partial charge in [0.2, 0.25) is 0 Å². The molecule has 0 aromatic rings. The lowest BCUT2D eigenvalue weighted by Gasteiger charge is -2.20. The smallest absolute Gasteiger partial charge is 0.191 e. The summed E-state index contributed by atoms with van der Waals surface area (Å²) in [7, 11) is 0. The average Bonchev–Trinajstić information content (AvgIpc) is 2.35. The molecule has 19 heavy (non-hydrogen) atoms. The van der Waals surface area contributed by atoms with Gasteiger partial charge in [-0.2, -0.15) is 23.5 Å². The van der Waals surface area contributed by atoms with Crippen LogP contribution < -0.4 is 10.6 Å². The highest BCUT2D eigenvalue weighted by Crippen LogP contribution is 2.20. The minimum absolute atomic E-state index is 0. The molecule has 2 N–H and O–H groups in total. The van der Waals surface area contributed by atoms with Gasteiger partial charge in [-0.1, -0.05) is 6.08 Å². The average molecular weight is 417 g/mol. The number of hydrogen-bond donors (Lipinski definition) is 2. The van der Waals surface area contributed by atoms with E-state index in [1.807, 2.05) is 29.6 Å². The number of aliphatic imine (C=N–C) groups is 1. The Morgan fingerprint density at radius 3 is 2.58 bits per heavy atom. The predicted octanol–water partition coefficient (Wildman–Crippen LogP) is 3.22. The van der Waals surface area contributed by atoms with Crippen molar-refractivity contribution < 1.29 is 0 Å². The van der Waals surface area contributed by atoms with E-state index in [1.54, 1.807) is 0 Å². The molecule has 114 valence electrons. The SMILES string of the molecule is C=CCSCCNC(=NCC(C)(C)SC)NCC.I. The van der Waals surface area contributed by atoms with E-state index in [0.29, 0.717) is 0 Å². The van der Waals surface area contributed by atoms with Crippen molar-refractivity contribution in [2.45, 2.75) is 25.5 Å². The lowest BCUT2D eigenvalue weighted by Crippen LogP contribution is -2.39. The summed E-state index contributed by atoms with van der Waals surface area (Å²) in [4.78, 5) is 4.62. The highest BCUT2D eigenvalue weighted by Gasteiger charge is 2.15. The molecule has 0 radical (unpaired) electrons. The molecule has 3 nitrogen and oxygen atoms in total. The van der Waals surface area contributed by atoms with Gasteiger partial charge in [0.1, 0.15) is 0 Å². The van der Waals surface area contributed by atoms with Crippen molar-refractivity contribution in [2.75, 3.05) is 37.4 Å². The first-order valence-corrected chi connectivity index (χ1v) is 8.69. The quantitative estimate of drug-likeness (QED) is 0.199. The fourth-order valence-corrected chi connectivity index (χ4v) is 1.86. The Kier molecular flexibility index (Phi) is 15.4. The van der Waals surface area contributed by atoms with Crippen LogP contribution in [0.2, 0.25) is 0 Å². The van der Waals surface area contributed by atoms with Gasteiger partial charge in [0.05, 0.1) is 6.54 Å². The Hall–Kier alpha value is 0.440. The van der Waals surface area contributed by atoms with E-state index in [0.717, 1.165) is 37.1 Å². The molecule has 0 bridgehead atoms. The second-order valence-electron chi connectivity index (χ2n) is 4.45. The van der Waals surface area contributed by atoms with Gasteiger partial charge >= 0.3 is 0 Å². The fourth-order valence-electron chi connectivity index (χ4n) is 1.08. The van der Waals surface area contributed by atoms with Crippen molar-refractivity contribution in [1.82, 2.24) is 10.6 Å². The number of nitrogens with one attached hydrogen (secondary N) is 2. The third-order valence-corrected chi connectivity index (χ3v) is 4.49. The summed E-state index contributed by atoms with van der Waals surface area (Å²) in [5, 5.41) is 6.62. The summed E-state index contributed by atoms with van der Waals surface area (Å²) in [6.45, 7) is 12.9. The van der Waals surface area contributed by atoms with Crippen LogP contribution in [0.4, 0.5) is 0 Å². The maximum absolute atomic E-state index is 4.62. The van der Waals surface area contributed by atoms with Crippen LogP contribution in [0.3, 0.4) is 0 Å². The Morgan fingerprint density at radius 1 is 1.37 bits per heavy atom. The number of guanidine groups is 1. The first-order chi connectivity index (χ1) is 8.55. The molecule has 0 atom stereocenters. The van der Waals surface area contributed by atoms with Crippen molar-refractivity contribution in [3.8, 4) is 0 Å². The molecule has 0 aromatic heterocycles. The topological polar surface area (TPSA) is 36.4 Å². The van der Waals surface area contributed by atoms with Gasteiger partial charge in [0.25, 0.3) is 0 Å². The van der Waals surface area contributed by atoms with E-state index in [-0.39, 0.29) is 28.7 Å². The molecule has 0 aromatic carbocycles. The van der Waals surface area contributed by atoms with Crippen molar-refractivity contribution in [2.24, 2.45) is 4.99 Å². The monoisotopic (exact) mass is 417 g/mol. The van der Waals surface area contributed by atoms with E-state index < -0.39 is 0 Å². The maximum atomic E-state index is 4.62. The normalized spacial score (nSPS) is 11.7. The van der Waals surface area contributed by atoms with Crippen molar-refractivity contribution in [3.05, 3.63) is 12.7 Å².